The van der Waals surface area contributed by atoms with Gasteiger partial charge in [0.25, 0.3) is 0 Å². The minimum Gasteiger partial charge on any atom is -0.330 e. The smallest absolute Gasteiger partial charge is 0.00735 e. The minimum atomic E-state index is 0.336. The number of hydrogen-bond donors (Lipinski definition) is 2. The van der Waals surface area contributed by atoms with E-state index in [4.69, 9.17) is 11.5 Å². The van der Waals surface area contributed by atoms with Crippen molar-refractivity contribution in [2.75, 3.05) is 6.54 Å². The van der Waals surface area contributed by atoms with Crippen molar-refractivity contribution >= 4 is 0 Å². The maximum Gasteiger partial charge on any atom is 0.00735 e. The molecule has 0 heterocycles. The molecule has 0 rings (SSSR count). The SMILES string of the molecule is CC(C)=CCC/C(C)=C/CC/C(C)=C/CC(N)CCCCCCCCCCCN. The molecule has 170 valence electrons. The minimum absolute atomic E-state index is 0.336. The van der Waals surface area contributed by atoms with Gasteiger partial charge in [-0.2, -0.15) is 0 Å². The lowest BCUT2D eigenvalue weighted by Crippen LogP contribution is -2.18. The molecule has 0 aliphatic heterocycles. The summed E-state index contributed by atoms with van der Waals surface area (Å²) in [4.78, 5) is 0. The second-order valence-corrected chi connectivity index (χ2v) is 9.21. The first-order valence-corrected chi connectivity index (χ1v) is 12.4. The third kappa shape index (κ3) is 21.7. The van der Waals surface area contributed by atoms with E-state index < -0.39 is 0 Å². The number of hydrogen-bond acceptors (Lipinski definition) is 2. The Morgan fingerprint density at radius 1 is 0.655 bits per heavy atom. The Kier molecular flexibility index (Phi) is 19.8. The standard InChI is InChI=1S/C27H52N2/c1-24(2)16-14-17-25(3)18-15-19-26(4)21-22-27(29)20-12-10-8-6-5-7-9-11-13-23-28/h16,18,21,27H,5-15,17,19-20,22-23,28-29H2,1-4H3/b25-18+,26-21+. The van der Waals surface area contributed by atoms with Crippen molar-refractivity contribution in [2.24, 2.45) is 11.5 Å². The molecule has 4 N–H and O–H groups in total. The summed E-state index contributed by atoms with van der Waals surface area (Å²) in [6.07, 6.45) is 26.0. The molecule has 0 aromatic heterocycles. The van der Waals surface area contributed by atoms with E-state index >= 15 is 0 Å². The fourth-order valence-corrected chi connectivity index (χ4v) is 3.60. The van der Waals surface area contributed by atoms with Crippen molar-refractivity contribution in [3.05, 3.63) is 34.9 Å². The highest BCUT2D eigenvalue weighted by atomic mass is 14.6. The predicted molar refractivity (Wildman–Crippen MR) is 133 cm³/mol. The van der Waals surface area contributed by atoms with Gasteiger partial charge in [-0.3, -0.25) is 0 Å². The molecule has 1 atom stereocenters. The largest absolute Gasteiger partial charge is 0.330 e. The summed E-state index contributed by atoms with van der Waals surface area (Å²) in [5, 5.41) is 0. The fraction of sp³-hybridized carbons (Fsp3) is 0.778. The molecule has 0 saturated heterocycles. The molecule has 29 heavy (non-hydrogen) atoms. The fourth-order valence-electron chi connectivity index (χ4n) is 3.60. The van der Waals surface area contributed by atoms with Crippen molar-refractivity contribution in [3.8, 4) is 0 Å². The van der Waals surface area contributed by atoms with Crippen molar-refractivity contribution < 1.29 is 0 Å². The quantitative estimate of drug-likeness (QED) is 0.169. The van der Waals surface area contributed by atoms with Crippen LogP contribution in [0.5, 0.6) is 0 Å². The van der Waals surface area contributed by atoms with Crippen LogP contribution in [0.3, 0.4) is 0 Å². The Balaban J connectivity index is 3.67. The maximum absolute atomic E-state index is 6.31. The second kappa shape index (κ2) is 20.4. The molecular formula is C27H52N2. The summed E-state index contributed by atoms with van der Waals surface area (Å²) in [6.45, 7) is 9.71. The van der Waals surface area contributed by atoms with Gasteiger partial charge >= 0.3 is 0 Å². The molecule has 0 bridgehead atoms. The van der Waals surface area contributed by atoms with E-state index in [0.29, 0.717) is 6.04 Å². The van der Waals surface area contributed by atoms with E-state index in [9.17, 15) is 0 Å². The lowest BCUT2D eigenvalue weighted by atomic mass is 10.0. The van der Waals surface area contributed by atoms with Crippen LogP contribution in [-0.2, 0) is 0 Å². The summed E-state index contributed by atoms with van der Waals surface area (Å²) in [5.41, 5.74) is 16.3. The zero-order valence-electron chi connectivity index (χ0n) is 20.3. The zero-order chi connectivity index (χ0) is 21.7. The summed E-state index contributed by atoms with van der Waals surface area (Å²) in [7, 11) is 0. The lowest BCUT2D eigenvalue weighted by molar-refractivity contribution is 0.523. The van der Waals surface area contributed by atoms with Gasteiger partial charge in [-0.05, 0) is 79.2 Å². The lowest BCUT2D eigenvalue weighted by Gasteiger charge is -2.10. The molecule has 0 aromatic carbocycles. The molecule has 0 aliphatic carbocycles. The van der Waals surface area contributed by atoms with Crippen LogP contribution >= 0.6 is 0 Å². The van der Waals surface area contributed by atoms with Gasteiger partial charge < -0.3 is 11.5 Å². The first kappa shape index (κ1) is 28.1. The van der Waals surface area contributed by atoms with Gasteiger partial charge in [-0.15, -0.1) is 0 Å². The van der Waals surface area contributed by atoms with E-state index in [-0.39, 0.29) is 0 Å². The van der Waals surface area contributed by atoms with Gasteiger partial charge in [0.2, 0.25) is 0 Å². The third-order valence-electron chi connectivity index (χ3n) is 5.67. The highest BCUT2D eigenvalue weighted by Gasteiger charge is 2.01. The summed E-state index contributed by atoms with van der Waals surface area (Å²) >= 11 is 0. The van der Waals surface area contributed by atoms with Crippen molar-refractivity contribution in [2.45, 2.75) is 130 Å². The average Bonchev–Trinajstić information content (AvgIpc) is 2.67. The third-order valence-corrected chi connectivity index (χ3v) is 5.67. The molecule has 0 aliphatic rings. The van der Waals surface area contributed by atoms with E-state index in [1.807, 2.05) is 0 Å². The van der Waals surface area contributed by atoms with Crippen LogP contribution in [0.4, 0.5) is 0 Å². The summed E-state index contributed by atoms with van der Waals surface area (Å²) < 4.78 is 0. The summed E-state index contributed by atoms with van der Waals surface area (Å²) in [5.74, 6) is 0. The van der Waals surface area contributed by atoms with Gasteiger partial charge in [0.05, 0.1) is 0 Å². The van der Waals surface area contributed by atoms with E-state index in [2.05, 4.69) is 45.9 Å². The molecule has 1 unspecified atom stereocenters. The number of allylic oxidation sites excluding steroid dienone is 5. The molecule has 0 radical (unpaired) electrons. The van der Waals surface area contributed by atoms with Crippen LogP contribution in [0.25, 0.3) is 0 Å². The highest BCUT2D eigenvalue weighted by Crippen LogP contribution is 2.14. The van der Waals surface area contributed by atoms with Gasteiger partial charge in [0, 0.05) is 6.04 Å². The van der Waals surface area contributed by atoms with Crippen LogP contribution in [0.15, 0.2) is 34.9 Å². The Bertz CT molecular complexity index is 455. The second-order valence-electron chi connectivity index (χ2n) is 9.21. The number of nitrogens with two attached hydrogens (primary N) is 2. The molecule has 0 aromatic rings. The zero-order valence-corrected chi connectivity index (χ0v) is 20.3. The molecule has 0 amide bonds. The first-order valence-electron chi connectivity index (χ1n) is 12.4. The van der Waals surface area contributed by atoms with Gasteiger partial charge in [-0.25, -0.2) is 0 Å². The molecule has 2 heteroatoms. The van der Waals surface area contributed by atoms with Crippen LogP contribution in [0, 0.1) is 0 Å². The molecule has 2 nitrogen and oxygen atoms in total. The Labute approximate surface area is 183 Å². The highest BCUT2D eigenvalue weighted by molar-refractivity contribution is 5.05. The van der Waals surface area contributed by atoms with E-state index in [0.717, 1.165) is 25.8 Å². The van der Waals surface area contributed by atoms with Crippen LogP contribution in [0.2, 0.25) is 0 Å². The average molecular weight is 405 g/mol. The maximum atomic E-state index is 6.31. The van der Waals surface area contributed by atoms with Crippen molar-refractivity contribution in [1.29, 1.82) is 0 Å². The molecule has 0 fully saturated rings. The van der Waals surface area contributed by atoms with E-state index in [1.54, 1.807) is 0 Å². The number of unbranched alkanes of at least 4 members (excludes halogenated alkanes) is 8. The Hall–Kier alpha value is -0.860. The van der Waals surface area contributed by atoms with Crippen molar-refractivity contribution in [3.63, 3.8) is 0 Å². The molecular weight excluding hydrogens is 352 g/mol. The van der Waals surface area contributed by atoms with Crippen LogP contribution in [-0.4, -0.2) is 12.6 Å². The van der Waals surface area contributed by atoms with Crippen LogP contribution in [0.1, 0.15) is 124 Å². The van der Waals surface area contributed by atoms with E-state index in [1.165, 1.54) is 93.8 Å². The van der Waals surface area contributed by atoms with Gasteiger partial charge in [0.1, 0.15) is 0 Å². The Morgan fingerprint density at radius 3 is 1.69 bits per heavy atom. The van der Waals surface area contributed by atoms with Gasteiger partial charge in [-0.1, -0.05) is 86.3 Å². The Morgan fingerprint density at radius 2 is 1.14 bits per heavy atom. The first-order chi connectivity index (χ1) is 14.0. The molecule has 0 saturated carbocycles. The normalized spacial score (nSPS) is 13.6. The topological polar surface area (TPSA) is 52.0 Å². The monoisotopic (exact) mass is 404 g/mol. The van der Waals surface area contributed by atoms with Gasteiger partial charge in [0.15, 0.2) is 0 Å². The summed E-state index contributed by atoms with van der Waals surface area (Å²) in [6, 6.07) is 0.336. The number of rotatable bonds is 19. The predicted octanol–water partition coefficient (Wildman–Crippen LogP) is 7.98. The molecule has 0 spiro atoms. The van der Waals surface area contributed by atoms with Crippen molar-refractivity contribution in [1.82, 2.24) is 0 Å². The van der Waals surface area contributed by atoms with Crippen LogP contribution < -0.4 is 11.5 Å².